The molecule has 1 spiro atoms. The van der Waals surface area contributed by atoms with E-state index in [0.717, 1.165) is 24.8 Å². The van der Waals surface area contributed by atoms with E-state index in [4.69, 9.17) is 9.47 Å². The first-order valence-corrected chi connectivity index (χ1v) is 10.2. The van der Waals surface area contributed by atoms with Crippen molar-refractivity contribution < 1.29 is 27.8 Å². The van der Waals surface area contributed by atoms with Gasteiger partial charge in [0.15, 0.2) is 11.5 Å². The van der Waals surface area contributed by atoms with Crippen LogP contribution in [0, 0.1) is 22.7 Å². The predicted molar refractivity (Wildman–Crippen MR) is 103 cm³/mol. The Balaban J connectivity index is 1.69. The first-order valence-electron chi connectivity index (χ1n) is 10.2. The highest BCUT2D eigenvalue weighted by molar-refractivity contribution is 5.73. The molecule has 7 heteroatoms. The molecule has 1 saturated heterocycles. The van der Waals surface area contributed by atoms with Crippen LogP contribution in [0.2, 0.25) is 0 Å². The molecular formula is C22H29F2NO4. The molecule has 3 fully saturated rings. The minimum atomic E-state index is -2.93. The van der Waals surface area contributed by atoms with Gasteiger partial charge in [-0.15, -0.1) is 0 Å². The number of carbonyl (C=O) groups is 1. The van der Waals surface area contributed by atoms with Crippen LogP contribution in [0.5, 0.6) is 11.5 Å². The molecule has 0 unspecified atom stereocenters. The van der Waals surface area contributed by atoms with Crippen molar-refractivity contribution in [1.82, 2.24) is 5.32 Å². The van der Waals surface area contributed by atoms with Crippen molar-refractivity contribution in [3.63, 3.8) is 0 Å². The van der Waals surface area contributed by atoms with Gasteiger partial charge < -0.3 is 19.5 Å². The lowest BCUT2D eigenvalue weighted by atomic mass is 9.59. The predicted octanol–water partition coefficient (Wildman–Crippen LogP) is 4.32. The monoisotopic (exact) mass is 409 g/mol. The summed E-state index contributed by atoms with van der Waals surface area (Å²) in [6.07, 6.45) is 2.75. The van der Waals surface area contributed by atoms with Gasteiger partial charge in [0.05, 0.1) is 13.2 Å². The van der Waals surface area contributed by atoms with Crippen LogP contribution in [0.25, 0.3) is 0 Å². The lowest BCUT2D eigenvalue weighted by Gasteiger charge is -2.53. The molecule has 29 heavy (non-hydrogen) atoms. The minimum absolute atomic E-state index is 0.0103. The molecule has 2 saturated carbocycles. The molecule has 1 amide bonds. The van der Waals surface area contributed by atoms with Crippen LogP contribution in [0.15, 0.2) is 18.2 Å². The fraction of sp³-hybridized carbons (Fsp3) is 0.682. The molecule has 1 aromatic carbocycles. The van der Waals surface area contributed by atoms with E-state index < -0.39 is 6.61 Å². The Labute approximate surface area is 170 Å². The highest BCUT2D eigenvalue weighted by atomic mass is 19.3. The second kappa shape index (κ2) is 7.11. The summed E-state index contributed by atoms with van der Waals surface area (Å²) >= 11 is 0. The van der Waals surface area contributed by atoms with E-state index in [0.29, 0.717) is 12.5 Å². The number of hydrogen-bond donors (Lipinski definition) is 1. The first-order chi connectivity index (χ1) is 13.7. The Hall–Kier alpha value is -1.89. The van der Waals surface area contributed by atoms with Gasteiger partial charge in [0.1, 0.15) is 0 Å². The molecule has 1 aromatic rings. The number of amides is 1. The Morgan fingerprint density at radius 1 is 1.31 bits per heavy atom. The normalized spacial score (nSPS) is 34.7. The SMILES string of the molecule is COc1ccc([C@H]2OCC[C@@]34C[C@@H](C[C@H]23)C(C)(C)[C@@H]4NC(C)=O)cc1OC(F)F. The van der Waals surface area contributed by atoms with Crippen molar-refractivity contribution in [2.75, 3.05) is 13.7 Å². The van der Waals surface area contributed by atoms with Crippen molar-refractivity contribution in [3.8, 4) is 11.5 Å². The van der Waals surface area contributed by atoms with Gasteiger partial charge in [-0.1, -0.05) is 19.9 Å². The summed E-state index contributed by atoms with van der Waals surface area (Å²) in [7, 11) is 1.43. The number of carbonyl (C=O) groups excluding carboxylic acids is 1. The van der Waals surface area contributed by atoms with E-state index in [2.05, 4.69) is 23.9 Å². The third kappa shape index (κ3) is 3.18. The molecule has 2 bridgehead atoms. The number of ether oxygens (including phenoxy) is 3. The van der Waals surface area contributed by atoms with Crippen LogP contribution in [0.4, 0.5) is 8.78 Å². The maximum atomic E-state index is 12.9. The summed E-state index contributed by atoms with van der Waals surface area (Å²) in [6.45, 7) is 3.72. The Bertz CT molecular complexity index is 799. The second-order valence-corrected chi connectivity index (χ2v) is 9.26. The molecule has 1 aliphatic heterocycles. The number of hydrogen-bond acceptors (Lipinski definition) is 4. The number of alkyl halides is 2. The fourth-order valence-corrected chi connectivity index (χ4v) is 6.38. The summed E-state index contributed by atoms with van der Waals surface area (Å²) < 4.78 is 41.7. The van der Waals surface area contributed by atoms with Crippen LogP contribution >= 0.6 is 0 Å². The lowest BCUT2D eigenvalue weighted by molar-refractivity contribution is -0.136. The Morgan fingerprint density at radius 3 is 2.72 bits per heavy atom. The zero-order valence-electron chi connectivity index (χ0n) is 17.3. The zero-order chi connectivity index (χ0) is 21.0. The molecule has 3 aliphatic rings. The van der Waals surface area contributed by atoms with E-state index in [-0.39, 0.29) is 46.3 Å². The number of nitrogens with one attached hydrogen (secondary N) is 1. The minimum Gasteiger partial charge on any atom is -0.493 e. The van der Waals surface area contributed by atoms with Gasteiger partial charge in [-0.2, -0.15) is 8.78 Å². The van der Waals surface area contributed by atoms with Gasteiger partial charge in [-0.3, -0.25) is 4.79 Å². The summed E-state index contributed by atoms with van der Waals surface area (Å²) in [5.74, 6) is 0.987. The molecule has 0 radical (unpaired) electrons. The Morgan fingerprint density at radius 2 is 2.07 bits per heavy atom. The molecule has 4 rings (SSSR count). The highest BCUT2D eigenvalue weighted by Gasteiger charge is 2.68. The quantitative estimate of drug-likeness (QED) is 0.787. The highest BCUT2D eigenvalue weighted by Crippen LogP contribution is 2.70. The topological polar surface area (TPSA) is 56.8 Å². The standard InChI is InChI=1S/C22H29F2NO4/c1-12(26)25-19-21(2,3)14-10-15-18(28-8-7-22(15,19)11-14)13-5-6-16(27-4)17(9-13)29-20(23)24/h5-6,9,14-15,18-20H,7-8,10-11H2,1-4H3,(H,25,26)/t14-,15-,18-,19+,22-/m1/s1. The number of benzene rings is 1. The third-order valence-electron chi connectivity index (χ3n) is 7.58. The van der Waals surface area contributed by atoms with Gasteiger partial charge in [0, 0.05) is 19.6 Å². The molecule has 1 N–H and O–H groups in total. The summed E-state index contributed by atoms with van der Waals surface area (Å²) in [5.41, 5.74) is 0.804. The van der Waals surface area contributed by atoms with Gasteiger partial charge in [-0.05, 0) is 59.6 Å². The van der Waals surface area contributed by atoms with Gasteiger partial charge in [0.2, 0.25) is 5.91 Å². The van der Waals surface area contributed by atoms with Crippen molar-refractivity contribution in [1.29, 1.82) is 0 Å². The lowest BCUT2D eigenvalue weighted by Crippen LogP contribution is -2.58. The average Bonchev–Trinajstić information content (AvgIpc) is 3.13. The van der Waals surface area contributed by atoms with E-state index in [1.54, 1.807) is 19.1 Å². The van der Waals surface area contributed by atoms with Gasteiger partial charge >= 0.3 is 6.61 Å². The van der Waals surface area contributed by atoms with Gasteiger partial charge in [-0.25, -0.2) is 0 Å². The number of rotatable bonds is 5. The van der Waals surface area contributed by atoms with Crippen molar-refractivity contribution in [2.24, 2.45) is 22.7 Å². The summed E-state index contributed by atoms with van der Waals surface area (Å²) in [4.78, 5) is 12.0. The summed E-state index contributed by atoms with van der Waals surface area (Å²) in [5, 5.41) is 3.24. The molecule has 5 nitrogen and oxygen atoms in total. The van der Waals surface area contributed by atoms with Crippen LogP contribution in [0.3, 0.4) is 0 Å². The van der Waals surface area contributed by atoms with Crippen molar-refractivity contribution >= 4 is 5.91 Å². The van der Waals surface area contributed by atoms with E-state index in [9.17, 15) is 13.6 Å². The zero-order valence-corrected chi connectivity index (χ0v) is 17.3. The van der Waals surface area contributed by atoms with Gasteiger partial charge in [0.25, 0.3) is 0 Å². The van der Waals surface area contributed by atoms with Crippen LogP contribution in [-0.2, 0) is 9.53 Å². The van der Waals surface area contributed by atoms with E-state index >= 15 is 0 Å². The number of halogens is 2. The third-order valence-corrected chi connectivity index (χ3v) is 7.58. The van der Waals surface area contributed by atoms with Crippen LogP contribution in [0.1, 0.15) is 51.7 Å². The molecule has 1 heterocycles. The first kappa shape index (κ1) is 20.4. The largest absolute Gasteiger partial charge is 0.493 e. The van der Waals surface area contributed by atoms with Crippen LogP contribution in [-0.4, -0.2) is 32.3 Å². The maximum Gasteiger partial charge on any atom is 0.387 e. The van der Waals surface area contributed by atoms with Crippen LogP contribution < -0.4 is 14.8 Å². The van der Waals surface area contributed by atoms with Crippen molar-refractivity contribution in [3.05, 3.63) is 23.8 Å². The van der Waals surface area contributed by atoms with E-state index in [1.807, 2.05) is 6.07 Å². The number of fused-ring (bicyclic) bond motifs is 1. The van der Waals surface area contributed by atoms with E-state index in [1.165, 1.54) is 7.11 Å². The summed E-state index contributed by atoms with van der Waals surface area (Å²) in [6, 6.07) is 5.21. The molecule has 5 atom stereocenters. The second-order valence-electron chi connectivity index (χ2n) is 9.26. The van der Waals surface area contributed by atoms with Crippen molar-refractivity contribution in [2.45, 2.75) is 58.8 Å². The molecule has 2 aliphatic carbocycles. The maximum absolute atomic E-state index is 12.9. The number of methoxy groups -OCH3 is 1. The average molecular weight is 409 g/mol. The Kier molecular flexibility index (Phi) is 5.00. The molecule has 0 aromatic heterocycles. The smallest absolute Gasteiger partial charge is 0.387 e. The fourth-order valence-electron chi connectivity index (χ4n) is 6.38. The molecular weight excluding hydrogens is 380 g/mol. The molecule has 160 valence electrons.